The number of hydrogen-bond donors (Lipinski definition) is 1. The van der Waals surface area contributed by atoms with Gasteiger partial charge in [0, 0.05) is 24.2 Å². The SMILES string of the molecule is Cc1cc(C)n(C[C@@H](O)CN(Cc2ccc3ccccc3n2)Cc2ccco2)n1. The molecule has 0 aliphatic rings. The molecule has 0 amide bonds. The number of furan rings is 1. The zero-order valence-electron chi connectivity index (χ0n) is 16.8. The van der Waals surface area contributed by atoms with Gasteiger partial charge in [-0.2, -0.15) is 5.10 Å². The fraction of sp³-hybridized carbons (Fsp3) is 0.304. The van der Waals surface area contributed by atoms with Crippen LogP contribution in [0.15, 0.2) is 65.3 Å². The number of para-hydroxylation sites is 1. The zero-order valence-corrected chi connectivity index (χ0v) is 16.8. The Morgan fingerprint density at radius 1 is 1.07 bits per heavy atom. The molecule has 0 saturated carbocycles. The van der Waals surface area contributed by atoms with E-state index in [1.165, 1.54) is 0 Å². The van der Waals surface area contributed by atoms with Gasteiger partial charge in [-0.15, -0.1) is 0 Å². The third-order valence-corrected chi connectivity index (χ3v) is 4.96. The molecule has 0 fully saturated rings. The molecule has 29 heavy (non-hydrogen) atoms. The van der Waals surface area contributed by atoms with Crippen LogP contribution in [0.3, 0.4) is 0 Å². The van der Waals surface area contributed by atoms with Gasteiger partial charge in [0.1, 0.15) is 5.76 Å². The number of aryl methyl sites for hydroxylation is 2. The maximum Gasteiger partial charge on any atom is 0.117 e. The van der Waals surface area contributed by atoms with Gasteiger partial charge in [-0.1, -0.05) is 24.3 Å². The molecule has 0 saturated heterocycles. The van der Waals surface area contributed by atoms with Crippen LogP contribution in [0.25, 0.3) is 10.9 Å². The van der Waals surface area contributed by atoms with E-state index in [1.807, 2.05) is 61.0 Å². The molecule has 6 nitrogen and oxygen atoms in total. The summed E-state index contributed by atoms with van der Waals surface area (Å²) in [6, 6.07) is 18.1. The minimum absolute atomic E-state index is 0.458. The van der Waals surface area contributed by atoms with Gasteiger partial charge in [-0.3, -0.25) is 14.6 Å². The third-order valence-electron chi connectivity index (χ3n) is 4.96. The van der Waals surface area contributed by atoms with Gasteiger partial charge in [0.15, 0.2) is 0 Å². The third kappa shape index (κ3) is 4.91. The molecule has 1 N–H and O–H groups in total. The first kappa shape index (κ1) is 19.4. The second kappa shape index (κ2) is 8.59. The Kier molecular flexibility index (Phi) is 5.74. The summed E-state index contributed by atoms with van der Waals surface area (Å²) in [6.07, 6.45) is 1.12. The lowest BCUT2D eigenvalue weighted by molar-refractivity contribution is 0.0833. The largest absolute Gasteiger partial charge is 0.468 e. The average molecular weight is 390 g/mol. The number of pyridine rings is 1. The highest BCUT2D eigenvalue weighted by Gasteiger charge is 2.17. The highest BCUT2D eigenvalue weighted by Crippen LogP contribution is 2.15. The summed E-state index contributed by atoms with van der Waals surface area (Å²) in [7, 11) is 0. The van der Waals surface area contributed by atoms with Crippen molar-refractivity contribution >= 4 is 10.9 Å². The van der Waals surface area contributed by atoms with Crippen molar-refractivity contribution in [3.05, 3.63) is 83.7 Å². The Balaban J connectivity index is 1.49. The first-order valence-corrected chi connectivity index (χ1v) is 9.85. The number of benzene rings is 1. The van der Waals surface area contributed by atoms with Gasteiger partial charge >= 0.3 is 0 Å². The fourth-order valence-corrected chi connectivity index (χ4v) is 3.65. The number of nitrogens with zero attached hydrogens (tertiary/aromatic N) is 4. The highest BCUT2D eigenvalue weighted by atomic mass is 16.3. The van der Waals surface area contributed by atoms with Gasteiger partial charge < -0.3 is 9.52 Å². The Bertz CT molecular complexity index is 1070. The molecule has 4 rings (SSSR count). The molecule has 3 heterocycles. The summed E-state index contributed by atoms with van der Waals surface area (Å²) in [5.41, 5.74) is 3.96. The minimum atomic E-state index is -0.552. The minimum Gasteiger partial charge on any atom is -0.468 e. The summed E-state index contributed by atoms with van der Waals surface area (Å²) >= 11 is 0. The number of aliphatic hydroxyl groups is 1. The van der Waals surface area contributed by atoms with Crippen LogP contribution in [0.1, 0.15) is 22.8 Å². The monoisotopic (exact) mass is 390 g/mol. The van der Waals surface area contributed by atoms with Crippen LogP contribution >= 0.6 is 0 Å². The van der Waals surface area contributed by atoms with Gasteiger partial charge in [-0.25, -0.2) is 0 Å². The summed E-state index contributed by atoms with van der Waals surface area (Å²) in [4.78, 5) is 6.94. The second-order valence-electron chi connectivity index (χ2n) is 7.51. The van der Waals surface area contributed by atoms with Crippen LogP contribution in [-0.2, 0) is 19.6 Å². The van der Waals surface area contributed by atoms with Crippen LogP contribution in [0.4, 0.5) is 0 Å². The molecule has 4 aromatic rings. The molecule has 0 aliphatic carbocycles. The molecule has 0 radical (unpaired) electrons. The number of aromatic nitrogens is 3. The van der Waals surface area contributed by atoms with Crippen LogP contribution in [0.5, 0.6) is 0 Å². The molecule has 0 bridgehead atoms. The quantitative estimate of drug-likeness (QED) is 0.497. The van der Waals surface area contributed by atoms with E-state index < -0.39 is 6.10 Å². The Hall–Kier alpha value is -2.96. The van der Waals surface area contributed by atoms with Crippen molar-refractivity contribution in [3.63, 3.8) is 0 Å². The van der Waals surface area contributed by atoms with E-state index >= 15 is 0 Å². The van der Waals surface area contributed by atoms with Crippen molar-refractivity contribution < 1.29 is 9.52 Å². The summed E-state index contributed by atoms with van der Waals surface area (Å²) in [5, 5.41) is 16.3. The maximum atomic E-state index is 10.7. The van der Waals surface area contributed by atoms with Crippen molar-refractivity contribution in [1.82, 2.24) is 19.7 Å². The van der Waals surface area contributed by atoms with E-state index in [1.54, 1.807) is 6.26 Å². The maximum absolute atomic E-state index is 10.7. The van der Waals surface area contributed by atoms with E-state index in [0.29, 0.717) is 26.2 Å². The summed E-state index contributed by atoms with van der Waals surface area (Å²) in [6.45, 7) is 6.15. The van der Waals surface area contributed by atoms with Gasteiger partial charge in [0.05, 0.1) is 42.4 Å². The summed E-state index contributed by atoms with van der Waals surface area (Å²) in [5.74, 6) is 0.865. The lowest BCUT2D eigenvalue weighted by Gasteiger charge is -2.24. The van der Waals surface area contributed by atoms with Crippen molar-refractivity contribution in [2.45, 2.75) is 39.6 Å². The fourth-order valence-electron chi connectivity index (χ4n) is 3.65. The van der Waals surface area contributed by atoms with Crippen LogP contribution < -0.4 is 0 Å². The van der Waals surface area contributed by atoms with Gasteiger partial charge in [0.2, 0.25) is 0 Å². The first-order chi connectivity index (χ1) is 14.1. The Morgan fingerprint density at radius 3 is 2.69 bits per heavy atom. The molecular weight excluding hydrogens is 364 g/mol. The van der Waals surface area contributed by atoms with Crippen molar-refractivity contribution in [1.29, 1.82) is 0 Å². The van der Waals surface area contributed by atoms with Crippen molar-refractivity contribution in [3.8, 4) is 0 Å². The molecule has 0 unspecified atom stereocenters. The number of fused-ring (bicyclic) bond motifs is 1. The normalized spacial score (nSPS) is 12.7. The van der Waals surface area contributed by atoms with Crippen LogP contribution in [0, 0.1) is 13.8 Å². The molecule has 1 aromatic carbocycles. The van der Waals surface area contributed by atoms with Crippen LogP contribution in [-0.4, -0.2) is 37.4 Å². The Labute approximate surface area is 170 Å². The van der Waals surface area contributed by atoms with E-state index in [0.717, 1.165) is 33.7 Å². The van der Waals surface area contributed by atoms with E-state index in [2.05, 4.69) is 22.1 Å². The smallest absolute Gasteiger partial charge is 0.117 e. The van der Waals surface area contributed by atoms with Crippen molar-refractivity contribution in [2.75, 3.05) is 6.54 Å². The molecule has 6 heteroatoms. The second-order valence-corrected chi connectivity index (χ2v) is 7.51. The molecule has 150 valence electrons. The standard InChI is InChI=1S/C23H26N4O2/c1-17-12-18(2)27(25-17)15-21(28)14-26(16-22-7-5-11-29-22)13-20-10-9-19-6-3-4-8-23(19)24-20/h3-12,21,28H,13-16H2,1-2H3/t21-/m0/s1. The topological polar surface area (TPSA) is 67.3 Å². The Morgan fingerprint density at radius 2 is 1.93 bits per heavy atom. The number of rotatable bonds is 8. The molecular formula is C23H26N4O2. The average Bonchev–Trinajstić information content (AvgIpc) is 3.31. The van der Waals surface area contributed by atoms with E-state index in [4.69, 9.17) is 9.40 Å². The van der Waals surface area contributed by atoms with E-state index in [9.17, 15) is 5.11 Å². The molecule has 3 aromatic heterocycles. The zero-order chi connectivity index (χ0) is 20.2. The van der Waals surface area contributed by atoms with Crippen molar-refractivity contribution in [2.24, 2.45) is 0 Å². The first-order valence-electron chi connectivity index (χ1n) is 9.85. The molecule has 1 atom stereocenters. The summed E-state index contributed by atoms with van der Waals surface area (Å²) < 4.78 is 7.39. The lowest BCUT2D eigenvalue weighted by atomic mass is 10.2. The predicted molar refractivity (Wildman–Crippen MR) is 112 cm³/mol. The molecule has 0 aliphatic heterocycles. The van der Waals surface area contributed by atoms with Gasteiger partial charge in [0.25, 0.3) is 0 Å². The highest BCUT2D eigenvalue weighted by molar-refractivity contribution is 5.78. The predicted octanol–water partition coefficient (Wildman–Crippen LogP) is 3.70. The van der Waals surface area contributed by atoms with E-state index in [-0.39, 0.29) is 0 Å². The lowest BCUT2D eigenvalue weighted by Crippen LogP contribution is -2.34. The number of aliphatic hydroxyl groups excluding tert-OH is 1. The number of hydrogen-bond acceptors (Lipinski definition) is 5. The van der Waals surface area contributed by atoms with Crippen LogP contribution in [0.2, 0.25) is 0 Å². The molecule has 0 spiro atoms. The van der Waals surface area contributed by atoms with Gasteiger partial charge in [-0.05, 0) is 44.2 Å².